The van der Waals surface area contributed by atoms with Gasteiger partial charge in [-0.25, -0.2) is 0 Å². The van der Waals surface area contributed by atoms with Gasteiger partial charge in [-0.3, -0.25) is 0 Å². The second-order valence-electron chi connectivity index (χ2n) is 3.59. The van der Waals surface area contributed by atoms with Gasteiger partial charge >= 0.3 is 0 Å². The number of ether oxygens (including phenoxy) is 1. The van der Waals surface area contributed by atoms with Crippen molar-refractivity contribution >= 4 is 0 Å². The predicted molar refractivity (Wildman–Crippen MR) is 57.6 cm³/mol. The van der Waals surface area contributed by atoms with Gasteiger partial charge < -0.3 is 9.84 Å². The van der Waals surface area contributed by atoms with Crippen LogP contribution in [-0.2, 0) is 6.42 Å². The van der Waals surface area contributed by atoms with Crippen LogP contribution in [0.1, 0.15) is 25.3 Å². The normalized spacial score (nSPS) is 12.5. The zero-order chi connectivity index (χ0) is 10.4. The van der Waals surface area contributed by atoms with Crippen LogP contribution in [0, 0.1) is 0 Å². The van der Waals surface area contributed by atoms with E-state index in [0.29, 0.717) is 0 Å². The second kappa shape index (κ2) is 5.66. The molecule has 1 atom stereocenters. The van der Waals surface area contributed by atoms with Crippen molar-refractivity contribution in [2.24, 2.45) is 0 Å². The van der Waals surface area contributed by atoms with Crippen molar-refractivity contribution in [3.05, 3.63) is 29.8 Å². The summed E-state index contributed by atoms with van der Waals surface area (Å²) in [4.78, 5) is 0. The Bertz CT molecular complexity index is 252. The average Bonchev–Trinajstić information content (AvgIpc) is 2.18. The molecular weight excluding hydrogens is 176 g/mol. The maximum absolute atomic E-state index is 9.09. The van der Waals surface area contributed by atoms with Gasteiger partial charge in [0, 0.05) is 0 Å². The lowest BCUT2D eigenvalue weighted by Gasteiger charge is -2.05. The van der Waals surface area contributed by atoms with Crippen LogP contribution in [0.4, 0.5) is 0 Å². The van der Waals surface area contributed by atoms with Crippen LogP contribution in [0.15, 0.2) is 24.3 Å². The fourth-order valence-corrected chi connectivity index (χ4v) is 1.39. The van der Waals surface area contributed by atoms with Crippen LogP contribution in [-0.4, -0.2) is 18.3 Å². The van der Waals surface area contributed by atoms with E-state index in [-0.39, 0.29) is 6.10 Å². The molecule has 1 aromatic carbocycles. The summed E-state index contributed by atoms with van der Waals surface area (Å²) >= 11 is 0. The van der Waals surface area contributed by atoms with Crippen molar-refractivity contribution in [3.63, 3.8) is 0 Å². The molecule has 1 N–H and O–H groups in total. The summed E-state index contributed by atoms with van der Waals surface area (Å²) in [6.07, 6.45) is 2.73. The van der Waals surface area contributed by atoms with E-state index in [1.165, 1.54) is 5.56 Å². The molecule has 0 aliphatic carbocycles. The summed E-state index contributed by atoms with van der Waals surface area (Å²) in [7, 11) is 1.67. The number of aryl methyl sites for hydroxylation is 1. The largest absolute Gasteiger partial charge is 0.497 e. The highest BCUT2D eigenvalue weighted by atomic mass is 16.5. The first-order valence-electron chi connectivity index (χ1n) is 5.03. The zero-order valence-corrected chi connectivity index (χ0v) is 8.86. The quantitative estimate of drug-likeness (QED) is 0.780. The molecule has 14 heavy (non-hydrogen) atoms. The van der Waals surface area contributed by atoms with Crippen molar-refractivity contribution < 1.29 is 9.84 Å². The number of aliphatic hydroxyl groups is 1. The molecule has 1 aromatic rings. The standard InChI is InChI=1S/C12H18O2/c1-10(13)4-3-5-11-6-8-12(14-2)9-7-11/h6-10,13H,3-5H2,1-2H3/t10-/m1/s1. The third-order valence-corrected chi connectivity index (χ3v) is 2.25. The fraction of sp³-hybridized carbons (Fsp3) is 0.500. The number of benzene rings is 1. The third kappa shape index (κ3) is 3.79. The molecule has 0 aromatic heterocycles. The van der Waals surface area contributed by atoms with Gasteiger partial charge in [-0.05, 0) is 43.9 Å². The van der Waals surface area contributed by atoms with Crippen molar-refractivity contribution in [2.75, 3.05) is 7.11 Å². The molecule has 0 aliphatic heterocycles. The first-order chi connectivity index (χ1) is 6.72. The predicted octanol–water partition coefficient (Wildman–Crippen LogP) is 2.40. The van der Waals surface area contributed by atoms with Crippen molar-refractivity contribution in [1.29, 1.82) is 0 Å². The Morgan fingerprint density at radius 3 is 2.43 bits per heavy atom. The molecule has 1 rings (SSSR count). The minimum absolute atomic E-state index is 0.187. The van der Waals surface area contributed by atoms with Gasteiger partial charge in [0.25, 0.3) is 0 Å². The van der Waals surface area contributed by atoms with E-state index < -0.39 is 0 Å². The van der Waals surface area contributed by atoms with Crippen LogP contribution in [0.3, 0.4) is 0 Å². The summed E-state index contributed by atoms with van der Waals surface area (Å²) in [5, 5.41) is 9.09. The summed E-state index contributed by atoms with van der Waals surface area (Å²) in [5.41, 5.74) is 1.30. The van der Waals surface area contributed by atoms with Crippen molar-refractivity contribution in [3.8, 4) is 5.75 Å². The van der Waals surface area contributed by atoms with Gasteiger partial charge in [-0.1, -0.05) is 12.1 Å². The van der Waals surface area contributed by atoms with Gasteiger partial charge in [0.1, 0.15) is 5.75 Å². The number of hydrogen-bond acceptors (Lipinski definition) is 2. The molecule has 0 fully saturated rings. The van der Waals surface area contributed by atoms with Gasteiger partial charge in [-0.15, -0.1) is 0 Å². The monoisotopic (exact) mass is 194 g/mol. The van der Waals surface area contributed by atoms with Crippen LogP contribution >= 0.6 is 0 Å². The van der Waals surface area contributed by atoms with E-state index in [0.717, 1.165) is 25.0 Å². The van der Waals surface area contributed by atoms with Crippen LogP contribution < -0.4 is 4.74 Å². The molecule has 0 aliphatic rings. The van der Waals surface area contributed by atoms with E-state index in [1.807, 2.05) is 19.1 Å². The number of aliphatic hydroxyl groups excluding tert-OH is 1. The molecule has 0 saturated carbocycles. The number of hydrogen-bond donors (Lipinski definition) is 1. The van der Waals surface area contributed by atoms with Crippen molar-refractivity contribution in [1.82, 2.24) is 0 Å². The van der Waals surface area contributed by atoms with Crippen molar-refractivity contribution in [2.45, 2.75) is 32.3 Å². The van der Waals surface area contributed by atoms with Crippen LogP contribution in [0.25, 0.3) is 0 Å². The third-order valence-electron chi connectivity index (χ3n) is 2.25. The first-order valence-corrected chi connectivity index (χ1v) is 5.03. The lowest BCUT2D eigenvalue weighted by molar-refractivity contribution is 0.182. The smallest absolute Gasteiger partial charge is 0.118 e. The summed E-state index contributed by atoms with van der Waals surface area (Å²) < 4.78 is 5.07. The van der Waals surface area contributed by atoms with Gasteiger partial charge in [0.2, 0.25) is 0 Å². The average molecular weight is 194 g/mol. The lowest BCUT2D eigenvalue weighted by Crippen LogP contribution is -1.99. The van der Waals surface area contributed by atoms with E-state index in [4.69, 9.17) is 9.84 Å². The van der Waals surface area contributed by atoms with Crippen LogP contribution in [0.2, 0.25) is 0 Å². The maximum Gasteiger partial charge on any atom is 0.118 e. The molecule has 0 bridgehead atoms. The highest BCUT2D eigenvalue weighted by molar-refractivity contribution is 5.27. The molecule has 0 amide bonds. The van der Waals surface area contributed by atoms with E-state index >= 15 is 0 Å². The second-order valence-corrected chi connectivity index (χ2v) is 3.59. The summed E-state index contributed by atoms with van der Waals surface area (Å²) in [5.74, 6) is 0.893. The van der Waals surface area contributed by atoms with Gasteiger partial charge in [0.05, 0.1) is 13.2 Å². The Kier molecular flexibility index (Phi) is 4.47. The molecule has 0 radical (unpaired) electrons. The molecule has 0 saturated heterocycles. The first kappa shape index (κ1) is 11.1. The highest BCUT2D eigenvalue weighted by Gasteiger charge is 1.97. The summed E-state index contributed by atoms with van der Waals surface area (Å²) in [6.45, 7) is 1.83. The molecule has 0 spiro atoms. The SMILES string of the molecule is COc1ccc(CCC[C@@H](C)O)cc1. The minimum atomic E-state index is -0.187. The Balaban J connectivity index is 2.36. The minimum Gasteiger partial charge on any atom is -0.497 e. The Morgan fingerprint density at radius 2 is 1.93 bits per heavy atom. The molecule has 2 heteroatoms. The molecule has 2 nitrogen and oxygen atoms in total. The van der Waals surface area contributed by atoms with E-state index in [9.17, 15) is 0 Å². The molecular formula is C12H18O2. The van der Waals surface area contributed by atoms with E-state index in [1.54, 1.807) is 7.11 Å². The molecule has 78 valence electrons. The van der Waals surface area contributed by atoms with E-state index in [2.05, 4.69) is 12.1 Å². The lowest BCUT2D eigenvalue weighted by atomic mass is 10.1. The summed E-state index contributed by atoms with van der Waals surface area (Å²) in [6, 6.07) is 8.08. The topological polar surface area (TPSA) is 29.5 Å². The Labute approximate surface area is 85.5 Å². The zero-order valence-electron chi connectivity index (χ0n) is 8.86. The van der Waals surface area contributed by atoms with Crippen LogP contribution in [0.5, 0.6) is 5.75 Å². The van der Waals surface area contributed by atoms with Gasteiger partial charge in [-0.2, -0.15) is 0 Å². The number of rotatable bonds is 5. The maximum atomic E-state index is 9.09. The number of methoxy groups -OCH3 is 1. The highest BCUT2D eigenvalue weighted by Crippen LogP contribution is 2.13. The van der Waals surface area contributed by atoms with Gasteiger partial charge in [0.15, 0.2) is 0 Å². The Hall–Kier alpha value is -1.02. The Morgan fingerprint density at radius 1 is 1.29 bits per heavy atom. The fourth-order valence-electron chi connectivity index (χ4n) is 1.39. The molecule has 0 unspecified atom stereocenters. The molecule has 0 heterocycles.